The summed E-state index contributed by atoms with van der Waals surface area (Å²) in [5, 5.41) is 14.8. The van der Waals surface area contributed by atoms with E-state index in [0.29, 0.717) is 16.8 Å². The van der Waals surface area contributed by atoms with Gasteiger partial charge in [-0.05, 0) is 23.8 Å². The number of nitrogens with zero attached hydrogens (tertiary/aromatic N) is 3. The molecule has 0 aliphatic heterocycles. The topological polar surface area (TPSA) is 79.8 Å². The number of nitrogens with one attached hydrogen (secondary N) is 2. The molecule has 120 valence electrons. The molecule has 0 saturated heterocycles. The van der Waals surface area contributed by atoms with Gasteiger partial charge in [0.25, 0.3) is 0 Å². The van der Waals surface area contributed by atoms with Crippen LogP contribution in [0.1, 0.15) is 11.3 Å². The van der Waals surface area contributed by atoms with Gasteiger partial charge < -0.3 is 5.32 Å². The summed E-state index contributed by atoms with van der Waals surface area (Å²) in [7, 11) is 0. The van der Waals surface area contributed by atoms with Crippen LogP contribution in [-0.2, 0) is 11.3 Å². The van der Waals surface area contributed by atoms with E-state index >= 15 is 0 Å². The van der Waals surface area contributed by atoms with Crippen molar-refractivity contribution in [2.24, 2.45) is 0 Å². The number of benzene rings is 1. The summed E-state index contributed by atoms with van der Waals surface area (Å²) in [6.45, 7) is 0.553. The first kappa shape index (κ1) is 15.8. The Hall–Kier alpha value is -3.06. The molecule has 2 heterocycles. The highest BCUT2D eigenvalue weighted by Gasteiger charge is 2.06. The molecule has 2 N–H and O–H groups in total. The molecule has 1 amide bonds. The predicted octanol–water partition coefficient (Wildman–Crippen LogP) is 3.20. The molecule has 0 atom stereocenters. The van der Waals surface area contributed by atoms with Crippen molar-refractivity contribution in [1.82, 2.24) is 15.2 Å². The zero-order valence-electron chi connectivity index (χ0n) is 12.7. The third kappa shape index (κ3) is 4.72. The van der Waals surface area contributed by atoms with Gasteiger partial charge in [0.05, 0.1) is 12.2 Å². The minimum Gasteiger partial charge on any atom is -0.354 e. The first-order valence-corrected chi connectivity index (χ1v) is 8.13. The van der Waals surface area contributed by atoms with E-state index in [4.69, 9.17) is 0 Å². The number of carbonyl (C=O) groups is 1. The van der Waals surface area contributed by atoms with Gasteiger partial charge in [-0.3, -0.25) is 15.1 Å². The number of hydrogen-bond donors (Lipinski definition) is 2. The van der Waals surface area contributed by atoms with Crippen molar-refractivity contribution in [3.63, 3.8) is 0 Å². The summed E-state index contributed by atoms with van der Waals surface area (Å²) in [4.78, 5) is 16.1. The smallest absolute Gasteiger partial charge is 0.250 e. The van der Waals surface area contributed by atoms with Crippen molar-refractivity contribution in [2.75, 3.05) is 10.6 Å². The largest absolute Gasteiger partial charge is 0.354 e. The van der Waals surface area contributed by atoms with Crippen LogP contribution >= 0.6 is 11.3 Å². The Morgan fingerprint density at radius 3 is 2.62 bits per heavy atom. The maximum atomic E-state index is 11.9. The molecule has 6 nitrogen and oxygen atoms in total. The zero-order chi connectivity index (χ0) is 16.6. The Balaban J connectivity index is 1.52. The lowest BCUT2D eigenvalue weighted by molar-refractivity contribution is -0.111. The standard InChI is InChI=1S/C17H15N5OS/c23-15(10-9-13-6-2-1-3-7-13)20-17-22-21-16(24-17)19-12-14-8-4-5-11-18-14/h1-11H,12H2,(H,19,21)(H,20,22,23)/b10-9+. The van der Waals surface area contributed by atoms with Crippen molar-refractivity contribution in [1.29, 1.82) is 0 Å². The van der Waals surface area contributed by atoms with Gasteiger partial charge in [-0.2, -0.15) is 0 Å². The molecule has 0 bridgehead atoms. The van der Waals surface area contributed by atoms with E-state index in [1.807, 2.05) is 48.5 Å². The first-order chi connectivity index (χ1) is 11.8. The molecule has 0 spiro atoms. The second kappa shape index (κ2) is 7.98. The van der Waals surface area contributed by atoms with Crippen molar-refractivity contribution in [3.05, 3.63) is 72.1 Å². The highest BCUT2D eigenvalue weighted by molar-refractivity contribution is 7.19. The van der Waals surface area contributed by atoms with Crippen LogP contribution < -0.4 is 10.6 Å². The monoisotopic (exact) mass is 337 g/mol. The maximum absolute atomic E-state index is 11.9. The van der Waals surface area contributed by atoms with Gasteiger partial charge in [0.15, 0.2) is 0 Å². The number of aromatic nitrogens is 3. The Kier molecular flexibility index (Phi) is 5.26. The first-order valence-electron chi connectivity index (χ1n) is 7.31. The Morgan fingerprint density at radius 1 is 1.04 bits per heavy atom. The fourth-order valence-electron chi connectivity index (χ4n) is 1.90. The van der Waals surface area contributed by atoms with Gasteiger partial charge >= 0.3 is 0 Å². The lowest BCUT2D eigenvalue weighted by atomic mass is 10.2. The van der Waals surface area contributed by atoms with Crippen molar-refractivity contribution in [2.45, 2.75) is 6.54 Å². The van der Waals surface area contributed by atoms with Gasteiger partial charge in [0.2, 0.25) is 16.2 Å². The van der Waals surface area contributed by atoms with E-state index in [1.54, 1.807) is 12.3 Å². The van der Waals surface area contributed by atoms with Gasteiger partial charge in [0, 0.05) is 12.3 Å². The number of carbonyl (C=O) groups excluding carboxylic acids is 1. The zero-order valence-corrected chi connectivity index (χ0v) is 13.5. The second-order valence-electron chi connectivity index (χ2n) is 4.82. The van der Waals surface area contributed by atoms with E-state index in [-0.39, 0.29) is 5.91 Å². The molecule has 0 aliphatic rings. The average molecular weight is 337 g/mol. The van der Waals surface area contributed by atoms with Crippen LogP contribution in [0.2, 0.25) is 0 Å². The van der Waals surface area contributed by atoms with Crippen LogP contribution in [0, 0.1) is 0 Å². The highest BCUT2D eigenvalue weighted by atomic mass is 32.1. The van der Waals surface area contributed by atoms with E-state index < -0.39 is 0 Å². The lowest BCUT2D eigenvalue weighted by Gasteiger charge is -2.00. The van der Waals surface area contributed by atoms with Gasteiger partial charge in [-0.1, -0.05) is 47.7 Å². The van der Waals surface area contributed by atoms with E-state index in [9.17, 15) is 4.79 Å². The summed E-state index contributed by atoms with van der Waals surface area (Å²) in [5.41, 5.74) is 1.87. The van der Waals surface area contributed by atoms with Crippen LogP contribution in [0.5, 0.6) is 0 Å². The highest BCUT2D eigenvalue weighted by Crippen LogP contribution is 2.20. The molecule has 3 rings (SSSR count). The molecule has 7 heteroatoms. The Morgan fingerprint density at radius 2 is 1.83 bits per heavy atom. The third-order valence-electron chi connectivity index (χ3n) is 3.03. The molecule has 1 aromatic carbocycles. The van der Waals surface area contributed by atoms with E-state index in [1.165, 1.54) is 17.4 Å². The molecule has 0 unspecified atom stereocenters. The Bertz CT molecular complexity index is 817. The van der Waals surface area contributed by atoms with Crippen LogP contribution in [0.3, 0.4) is 0 Å². The lowest BCUT2D eigenvalue weighted by Crippen LogP contribution is -2.07. The SMILES string of the molecule is O=C(/C=C/c1ccccc1)Nc1nnc(NCc2ccccn2)s1. The molecule has 3 aromatic rings. The summed E-state index contributed by atoms with van der Waals surface area (Å²) in [5.74, 6) is -0.244. The number of anilines is 2. The molecule has 24 heavy (non-hydrogen) atoms. The number of amides is 1. The third-order valence-corrected chi connectivity index (χ3v) is 3.83. The van der Waals surface area contributed by atoms with Crippen LogP contribution in [0.4, 0.5) is 10.3 Å². The summed E-state index contributed by atoms with van der Waals surface area (Å²) < 4.78 is 0. The van der Waals surface area contributed by atoms with E-state index in [0.717, 1.165) is 11.3 Å². The molecule has 0 fully saturated rings. The Labute approximate surface area is 143 Å². The number of pyridine rings is 1. The summed E-state index contributed by atoms with van der Waals surface area (Å²) in [6.07, 6.45) is 4.95. The van der Waals surface area contributed by atoms with Gasteiger partial charge in [-0.25, -0.2) is 0 Å². The average Bonchev–Trinajstić information content (AvgIpc) is 3.07. The molecule has 0 aliphatic carbocycles. The van der Waals surface area contributed by atoms with Crippen molar-refractivity contribution in [3.8, 4) is 0 Å². The maximum Gasteiger partial charge on any atom is 0.250 e. The minimum absolute atomic E-state index is 0.244. The summed E-state index contributed by atoms with van der Waals surface area (Å²) in [6, 6.07) is 15.3. The second-order valence-corrected chi connectivity index (χ2v) is 5.80. The predicted molar refractivity (Wildman–Crippen MR) is 95.6 cm³/mol. The fourth-order valence-corrected chi connectivity index (χ4v) is 2.54. The quantitative estimate of drug-likeness (QED) is 0.675. The van der Waals surface area contributed by atoms with Gasteiger partial charge in [-0.15, -0.1) is 10.2 Å². The molecular weight excluding hydrogens is 322 g/mol. The summed E-state index contributed by atoms with van der Waals surface area (Å²) >= 11 is 1.28. The molecule has 0 saturated carbocycles. The number of rotatable bonds is 6. The van der Waals surface area contributed by atoms with Crippen molar-refractivity contribution >= 4 is 33.6 Å². The van der Waals surface area contributed by atoms with E-state index in [2.05, 4.69) is 25.8 Å². The molecule has 0 radical (unpaired) electrons. The van der Waals surface area contributed by atoms with Crippen LogP contribution in [0.15, 0.2) is 60.8 Å². The van der Waals surface area contributed by atoms with Gasteiger partial charge in [0.1, 0.15) is 0 Å². The fraction of sp³-hybridized carbons (Fsp3) is 0.0588. The molecular formula is C17H15N5OS. The van der Waals surface area contributed by atoms with Crippen LogP contribution in [0.25, 0.3) is 6.08 Å². The minimum atomic E-state index is -0.244. The van der Waals surface area contributed by atoms with Crippen molar-refractivity contribution < 1.29 is 4.79 Å². The number of hydrogen-bond acceptors (Lipinski definition) is 6. The normalized spacial score (nSPS) is 10.7. The van der Waals surface area contributed by atoms with Crippen LogP contribution in [-0.4, -0.2) is 21.1 Å². The molecule has 2 aromatic heterocycles.